The molecule has 0 unspecified atom stereocenters. The molecule has 10 heteroatoms. The maximum absolute atomic E-state index is 13.0. The molecule has 1 heterocycles. The van der Waals surface area contributed by atoms with Gasteiger partial charge in [0.25, 0.3) is 11.6 Å². The number of nitro groups is 1. The number of carbonyl (C=O) groups excluding carboxylic acids is 1. The third-order valence-corrected chi connectivity index (χ3v) is 4.72. The van der Waals surface area contributed by atoms with Crippen molar-refractivity contribution in [1.29, 1.82) is 0 Å². The molecule has 0 saturated heterocycles. The minimum atomic E-state index is -0.572. The van der Waals surface area contributed by atoms with Gasteiger partial charge < -0.3 is 9.42 Å². The highest BCUT2D eigenvalue weighted by Crippen LogP contribution is 2.25. The molecule has 0 N–H and O–H groups in total. The highest BCUT2D eigenvalue weighted by Gasteiger charge is 2.25. The summed E-state index contributed by atoms with van der Waals surface area (Å²) >= 11 is 12.0. The second-order valence-corrected chi connectivity index (χ2v) is 7.31. The molecule has 0 aliphatic carbocycles. The molecular weight excluding hydrogens is 419 g/mol. The average molecular weight is 435 g/mol. The van der Waals surface area contributed by atoms with E-state index in [0.717, 1.165) is 11.6 Å². The van der Waals surface area contributed by atoms with Gasteiger partial charge in [-0.2, -0.15) is 4.98 Å². The molecule has 0 atom stereocenters. The van der Waals surface area contributed by atoms with Crippen LogP contribution in [-0.4, -0.2) is 31.9 Å². The second kappa shape index (κ2) is 8.59. The van der Waals surface area contributed by atoms with Crippen molar-refractivity contribution in [3.05, 3.63) is 74.1 Å². The van der Waals surface area contributed by atoms with E-state index >= 15 is 0 Å². The first-order chi connectivity index (χ1) is 13.8. The van der Waals surface area contributed by atoms with Crippen LogP contribution in [0.2, 0.25) is 10.0 Å². The van der Waals surface area contributed by atoms with Crippen LogP contribution in [0.1, 0.15) is 30.1 Å². The van der Waals surface area contributed by atoms with Crippen LogP contribution in [0, 0.1) is 10.1 Å². The van der Waals surface area contributed by atoms with Gasteiger partial charge in [-0.05, 0) is 44.2 Å². The number of nitro benzene ring substituents is 1. The fraction of sp³-hybridized carbons (Fsp3) is 0.211. The Labute approximate surface area is 176 Å². The number of aromatic nitrogens is 2. The molecule has 0 spiro atoms. The van der Waals surface area contributed by atoms with Crippen molar-refractivity contribution in [2.75, 3.05) is 0 Å². The average Bonchev–Trinajstić information content (AvgIpc) is 3.14. The van der Waals surface area contributed by atoms with Crippen LogP contribution in [0.3, 0.4) is 0 Å². The van der Waals surface area contributed by atoms with Gasteiger partial charge in [-0.25, -0.2) is 0 Å². The lowest BCUT2D eigenvalue weighted by Crippen LogP contribution is -2.36. The van der Waals surface area contributed by atoms with E-state index in [1.807, 2.05) is 13.8 Å². The van der Waals surface area contributed by atoms with Gasteiger partial charge in [0, 0.05) is 28.8 Å². The molecule has 3 rings (SSSR count). The molecule has 150 valence electrons. The van der Waals surface area contributed by atoms with E-state index in [-0.39, 0.29) is 34.8 Å². The molecule has 1 amide bonds. The lowest BCUT2D eigenvalue weighted by molar-refractivity contribution is -0.384. The molecule has 2 aromatic carbocycles. The maximum atomic E-state index is 13.0. The summed E-state index contributed by atoms with van der Waals surface area (Å²) in [6.07, 6.45) is 0. The quantitative estimate of drug-likeness (QED) is 0.399. The lowest BCUT2D eigenvalue weighted by atomic mass is 10.1. The first-order valence-corrected chi connectivity index (χ1v) is 9.35. The summed E-state index contributed by atoms with van der Waals surface area (Å²) in [6, 6.07) is 10.5. The van der Waals surface area contributed by atoms with Gasteiger partial charge in [-0.3, -0.25) is 14.9 Å². The van der Waals surface area contributed by atoms with Crippen molar-refractivity contribution in [2.45, 2.75) is 26.4 Å². The van der Waals surface area contributed by atoms with E-state index in [0.29, 0.717) is 10.8 Å². The zero-order chi connectivity index (χ0) is 21.1. The van der Waals surface area contributed by atoms with Crippen LogP contribution in [0.25, 0.3) is 11.4 Å². The largest absolute Gasteiger partial charge is 0.337 e. The number of amides is 1. The maximum Gasteiger partial charge on any atom is 0.270 e. The Morgan fingerprint density at radius 3 is 2.48 bits per heavy atom. The van der Waals surface area contributed by atoms with Crippen LogP contribution in [-0.2, 0) is 6.54 Å². The fourth-order valence-electron chi connectivity index (χ4n) is 2.62. The molecule has 0 radical (unpaired) electrons. The van der Waals surface area contributed by atoms with Gasteiger partial charge >= 0.3 is 0 Å². The summed E-state index contributed by atoms with van der Waals surface area (Å²) in [5.41, 5.74) is 0.695. The van der Waals surface area contributed by atoms with E-state index in [2.05, 4.69) is 10.1 Å². The number of hydrogen-bond acceptors (Lipinski definition) is 6. The predicted octanol–water partition coefficient (Wildman–Crippen LogP) is 5.00. The first kappa shape index (κ1) is 20.8. The van der Waals surface area contributed by atoms with Gasteiger partial charge in [0.05, 0.1) is 15.5 Å². The topological polar surface area (TPSA) is 102 Å². The zero-order valence-corrected chi connectivity index (χ0v) is 17.0. The van der Waals surface area contributed by atoms with E-state index in [1.165, 1.54) is 17.0 Å². The van der Waals surface area contributed by atoms with Crippen molar-refractivity contribution >= 4 is 34.8 Å². The Hall–Kier alpha value is -2.97. The smallest absolute Gasteiger partial charge is 0.270 e. The Morgan fingerprint density at radius 2 is 1.90 bits per heavy atom. The lowest BCUT2D eigenvalue weighted by Gasteiger charge is -2.25. The summed E-state index contributed by atoms with van der Waals surface area (Å²) < 4.78 is 5.29. The monoisotopic (exact) mass is 434 g/mol. The molecule has 0 saturated carbocycles. The molecule has 0 aliphatic rings. The molecule has 3 aromatic rings. The summed E-state index contributed by atoms with van der Waals surface area (Å²) in [7, 11) is 0. The molecule has 0 bridgehead atoms. The molecule has 0 aliphatic heterocycles. The minimum Gasteiger partial charge on any atom is -0.337 e. The number of rotatable bonds is 6. The highest BCUT2D eigenvalue weighted by atomic mass is 35.5. The Kier molecular flexibility index (Phi) is 6.14. The van der Waals surface area contributed by atoms with Gasteiger partial charge in [0.2, 0.25) is 11.7 Å². The second-order valence-electron chi connectivity index (χ2n) is 6.47. The van der Waals surface area contributed by atoms with E-state index in [4.69, 9.17) is 27.7 Å². The van der Waals surface area contributed by atoms with Gasteiger partial charge in [-0.1, -0.05) is 28.4 Å². The number of nitrogens with zero attached hydrogens (tertiary/aromatic N) is 4. The number of benzene rings is 2. The Balaban J connectivity index is 1.83. The van der Waals surface area contributed by atoms with Gasteiger partial charge in [-0.15, -0.1) is 0 Å². The molecule has 29 heavy (non-hydrogen) atoms. The number of hydrogen-bond donors (Lipinski definition) is 0. The summed E-state index contributed by atoms with van der Waals surface area (Å²) in [5.74, 6) is 0.224. The Morgan fingerprint density at radius 1 is 1.21 bits per heavy atom. The van der Waals surface area contributed by atoms with Gasteiger partial charge in [0.1, 0.15) is 6.54 Å². The van der Waals surface area contributed by atoms with Crippen molar-refractivity contribution in [1.82, 2.24) is 15.0 Å². The van der Waals surface area contributed by atoms with Crippen LogP contribution in [0.15, 0.2) is 47.0 Å². The number of non-ortho nitro benzene ring substituents is 1. The van der Waals surface area contributed by atoms with Crippen molar-refractivity contribution in [3.8, 4) is 11.4 Å². The van der Waals surface area contributed by atoms with Crippen LogP contribution in [0.5, 0.6) is 0 Å². The molecule has 8 nitrogen and oxygen atoms in total. The van der Waals surface area contributed by atoms with Gasteiger partial charge in [0.15, 0.2) is 0 Å². The van der Waals surface area contributed by atoms with Crippen LogP contribution in [0.4, 0.5) is 5.69 Å². The number of halogens is 2. The first-order valence-electron chi connectivity index (χ1n) is 8.59. The van der Waals surface area contributed by atoms with Crippen molar-refractivity contribution < 1.29 is 14.2 Å². The highest BCUT2D eigenvalue weighted by molar-refractivity contribution is 6.34. The summed E-state index contributed by atoms with van der Waals surface area (Å²) in [4.78, 5) is 29.1. The Bertz CT molecular complexity index is 1050. The van der Waals surface area contributed by atoms with E-state index in [9.17, 15) is 14.9 Å². The summed E-state index contributed by atoms with van der Waals surface area (Å²) in [6.45, 7) is 3.71. The number of carbonyl (C=O) groups is 1. The normalized spacial score (nSPS) is 10.9. The zero-order valence-electron chi connectivity index (χ0n) is 15.5. The van der Waals surface area contributed by atoms with Crippen molar-refractivity contribution in [2.24, 2.45) is 0 Å². The predicted molar refractivity (Wildman–Crippen MR) is 108 cm³/mol. The van der Waals surface area contributed by atoms with E-state index < -0.39 is 10.8 Å². The van der Waals surface area contributed by atoms with E-state index in [1.54, 1.807) is 24.3 Å². The summed E-state index contributed by atoms with van der Waals surface area (Å²) in [5, 5.41) is 15.4. The molecule has 1 aromatic heterocycles. The third-order valence-electron chi connectivity index (χ3n) is 4.15. The standard InChI is InChI=1S/C19H16Cl2N4O4/c1-11(2)24(19(26)15-8-7-14(25(27)28)9-16(15)21)10-17-22-18(23-29-17)12-3-5-13(20)6-4-12/h3-9,11H,10H2,1-2H3. The SMILES string of the molecule is CC(C)N(Cc1nc(-c2ccc(Cl)cc2)no1)C(=O)c1ccc([N+](=O)[O-])cc1Cl. The third kappa shape index (κ3) is 4.72. The fourth-order valence-corrected chi connectivity index (χ4v) is 3.00. The molecule has 0 fully saturated rings. The van der Waals surface area contributed by atoms with Crippen LogP contribution < -0.4 is 0 Å². The molecular formula is C19H16Cl2N4O4. The minimum absolute atomic E-state index is 0.00207. The van der Waals surface area contributed by atoms with Crippen molar-refractivity contribution in [3.63, 3.8) is 0 Å². The van der Waals surface area contributed by atoms with Crippen LogP contribution >= 0.6 is 23.2 Å².